The molecule has 1 saturated heterocycles. The van der Waals surface area contributed by atoms with Crippen LogP contribution in [0, 0.1) is 5.82 Å². The Morgan fingerprint density at radius 2 is 1.45 bits per heavy atom. The first-order valence-electron chi connectivity index (χ1n) is 12.4. The molecule has 11 heteroatoms. The third kappa shape index (κ3) is 6.35. The van der Waals surface area contributed by atoms with Crippen molar-refractivity contribution in [1.82, 2.24) is 9.03 Å². The lowest BCUT2D eigenvalue weighted by atomic mass is 10.1. The molecule has 1 fully saturated rings. The average molecular weight is 562 g/mol. The molecule has 204 valence electrons. The van der Waals surface area contributed by atoms with Crippen molar-refractivity contribution in [3.63, 3.8) is 0 Å². The van der Waals surface area contributed by atoms with Crippen LogP contribution in [-0.4, -0.2) is 61.0 Å². The van der Waals surface area contributed by atoms with Crippen molar-refractivity contribution in [3.05, 3.63) is 83.7 Å². The van der Waals surface area contributed by atoms with E-state index >= 15 is 0 Å². The van der Waals surface area contributed by atoms with Gasteiger partial charge in [0.05, 0.1) is 22.6 Å². The van der Waals surface area contributed by atoms with E-state index in [1.54, 1.807) is 36.4 Å². The summed E-state index contributed by atoms with van der Waals surface area (Å²) in [5.41, 5.74) is 2.47. The Morgan fingerprint density at radius 3 is 2.05 bits per heavy atom. The zero-order valence-electron chi connectivity index (χ0n) is 21.4. The average Bonchev–Trinajstić information content (AvgIpc) is 2.93. The van der Waals surface area contributed by atoms with E-state index in [0.717, 1.165) is 17.5 Å². The van der Waals surface area contributed by atoms with E-state index in [1.165, 1.54) is 29.6 Å². The number of halogens is 1. The number of rotatable bonds is 10. The van der Waals surface area contributed by atoms with Gasteiger partial charge in [-0.3, -0.25) is 0 Å². The van der Waals surface area contributed by atoms with Gasteiger partial charge in [0.1, 0.15) is 11.6 Å². The van der Waals surface area contributed by atoms with Crippen molar-refractivity contribution in [3.8, 4) is 5.75 Å². The number of ether oxygens (including phenoxy) is 1. The van der Waals surface area contributed by atoms with E-state index in [2.05, 4.69) is 4.72 Å². The number of nitrogens with one attached hydrogen (secondary N) is 1. The summed E-state index contributed by atoms with van der Waals surface area (Å²) in [4.78, 5) is 2.28. The summed E-state index contributed by atoms with van der Waals surface area (Å²) < 4.78 is 74.9. The fraction of sp³-hybridized carbons (Fsp3) is 0.333. The smallest absolute Gasteiger partial charge is 0.243 e. The van der Waals surface area contributed by atoms with Crippen molar-refractivity contribution in [2.24, 2.45) is 0 Å². The zero-order chi connectivity index (χ0) is 27.3. The number of sulfonamides is 2. The molecule has 0 aromatic heterocycles. The normalized spacial score (nSPS) is 15.0. The Bertz CT molecular complexity index is 1450. The first-order valence-corrected chi connectivity index (χ1v) is 15.3. The van der Waals surface area contributed by atoms with Gasteiger partial charge in [0.15, 0.2) is 0 Å². The highest BCUT2D eigenvalue weighted by atomic mass is 32.2. The second-order valence-electron chi connectivity index (χ2n) is 9.00. The molecule has 0 amide bonds. The second kappa shape index (κ2) is 11.8. The molecular weight excluding hydrogens is 529 g/mol. The summed E-state index contributed by atoms with van der Waals surface area (Å²) in [5.74, 6) is 0.158. The molecule has 4 rings (SSSR count). The van der Waals surface area contributed by atoms with Gasteiger partial charge in [-0.15, -0.1) is 0 Å². The summed E-state index contributed by atoms with van der Waals surface area (Å²) in [6.07, 6.45) is 1.25. The van der Waals surface area contributed by atoms with E-state index < -0.39 is 20.0 Å². The van der Waals surface area contributed by atoms with Crippen molar-refractivity contribution >= 4 is 25.7 Å². The fourth-order valence-corrected chi connectivity index (χ4v) is 6.84. The van der Waals surface area contributed by atoms with Gasteiger partial charge in [0, 0.05) is 32.7 Å². The SMILES string of the molecule is CCc1ccc(S(=O)(=O)N2CCN(c3cc(S(=O)(=O)NCCc4ccc(F)cc4)ccc3OC)CC2)cc1. The molecule has 8 nitrogen and oxygen atoms in total. The highest BCUT2D eigenvalue weighted by Gasteiger charge is 2.30. The van der Waals surface area contributed by atoms with Gasteiger partial charge in [-0.1, -0.05) is 31.2 Å². The van der Waals surface area contributed by atoms with E-state index in [-0.39, 0.29) is 35.2 Å². The standard InChI is InChI=1S/C27H32FN3O5S2/c1-3-21-6-10-24(11-7-21)38(34,35)31-18-16-30(17-19-31)26-20-25(12-13-27(26)36-2)37(32,33)29-15-14-22-4-8-23(28)9-5-22/h4-13,20,29H,3,14-19H2,1-2H3. The molecule has 0 atom stereocenters. The van der Waals surface area contributed by atoms with Crippen LogP contribution in [0.15, 0.2) is 76.5 Å². The summed E-state index contributed by atoms with van der Waals surface area (Å²) in [6, 6.07) is 17.5. The lowest BCUT2D eigenvalue weighted by molar-refractivity contribution is 0.378. The molecule has 3 aromatic rings. The molecule has 38 heavy (non-hydrogen) atoms. The quantitative estimate of drug-likeness (QED) is 0.408. The summed E-state index contributed by atoms with van der Waals surface area (Å²) >= 11 is 0. The molecule has 0 spiro atoms. The molecule has 1 aliphatic heterocycles. The number of aryl methyl sites for hydroxylation is 1. The third-order valence-electron chi connectivity index (χ3n) is 6.63. The van der Waals surface area contributed by atoms with Gasteiger partial charge in [-0.2, -0.15) is 4.31 Å². The Balaban J connectivity index is 1.44. The van der Waals surface area contributed by atoms with Gasteiger partial charge in [-0.05, 0) is 66.4 Å². The minimum Gasteiger partial charge on any atom is -0.495 e. The highest BCUT2D eigenvalue weighted by molar-refractivity contribution is 7.89. The molecule has 1 aliphatic rings. The summed E-state index contributed by atoms with van der Waals surface area (Å²) in [5, 5.41) is 0. The van der Waals surface area contributed by atoms with Gasteiger partial charge < -0.3 is 9.64 Å². The van der Waals surface area contributed by atoms with Crippen LogP contribution in [-0.2, 0) is 32.9 Å². The highest BCUT2D eigenvalue weighted by Crippen LogP contribution is 2.32. The molecular formula is C27H32FN3O5S2. The fourth-order valence-electron chi connectivity index (χ4n) is 4.36. The molecule has 0 aliphatic carbocycles. The number of hydrogen-bond acceptors (Lipinski definition) is 6. The first-order chi connectivity index (χ1) is 18.1. The zero-order valence-corrected chi connectivity index (χ0v) is 23.1. The third-order valence-corrected chi connectivity index (χ3v) is 10.00. The molecule has 0 saturated carbocycles. The number of piperazine rings is 1. The van der Waals surface area contributed by atoms with Crippen LogP contribution >= 0.6 is 0 Å². The van der Waals surface area contributed by atoms with Gasteiger partial charge in [0.2, 0.25) is 20.0 Å². The van der Waals surface area contributed by atoms with E-state index in [0.29, 0.717) is 30.9 Å². The van der Waals surface area contributed by atoms with E-state index in [9.17, 15) is 21.2 Å². The summed E-state index contributed by atoms with van der Waals surface area (Å²) in [6.45, 7) is 3.45. The molecule has 0 unspecified atom stereocenters. The maximum absolute atomic E-state index is 13.1. The minimum absolute atomic E-state index is 0.0819. The maximum Gasteiger partial charge on any atom is 0.243 e. The Hall–Kier alpha value is -2.99. The molecule has 1 heterocycles. The topological polar surface area (TPSA) is 96.0 Å². The van der Waals surface area contributed by atoms with Crippen molar-refractivity contribution in [2.75, 3.05) is 44.7 Å². The van der Waals surface area contributed by atoms with Gasteiger partial charge in [0.25, 0.3) is 0 Å². The lowest BCUT2D eigenvalue weighted by Crippen LogP contribution is -2.48. The Labute approximate surface area is 224 Å². The number of anilines is 1. The van der Waals surface area contributed by atoms with Crippen LogP contribution < -0.4 is 14.4 Å². The first kappa shape index (κ1) is 28.0. The van der Waals surface area contributed by atoms with Crippen LogP contribution in [0.1, 0.15) is 18.1 Å². The van der Waals surface area contributed by atoms with E-state index in [1.807, 2.05) is 24.0 Å². The monoisotopic (exact) mass is 561 g/mol. The van der Waals surface area contributed by atoms with Crippen LogP contribution in [0.25, 0.3) is 0 Å². The number of methoxy groups -OCH3 is 1. The molecule has 0 radical (unpaired) electrons. The Kier molecular flexibility index (Phi) is 8.71. The predicted molar refractivity (Wildman–Crippen MR) is 145 cm³/mol. The van der Waals surface area contributed by atoms with Crippen molar-refractivity contribution < 1.29 is 26.0 Å². The maximum atomic E-state index is 13.1. The van der Waals surface area contributed by atoms with Crippen LogP contribution in [0.3, 0.4) is 0 Å². The largest absolute Gasteiger partial charge is 0.495 e. The second-order valence-corrected chi connectivity index (χ2v) is 12.7. The predicted octanol–water partition coefficient (Wildman–Crippen LogP) is 3.43. The molecule has 1 N–H and O–H groups in total. The lowest BCUT2D eigenvalue weighted by Gasteiger charge is -2.36. The van der Waals surface area contributed by atoms with Crippen molar-refractivity contribution in [1.29, 1.82) is 0 Å². The van der Waals surface area contributed by atoms with Crippen LogP contribution in [0.5, 0.6) is 5.75 Å². The van der Waals surface area contributed by atoms with E-state index in [4.69, 9.17) is 4.74 Å². The number of benzene rings is 3. The van der Waals surface area contributed by atoms with Crippen LogP contribution in [0.4, 0.5) is 10.1 Å². The Morgan fingerprint density at radius 1 is 0.842 bits per heavy atom. The van der Waals surface area contributed by atoms with Crippen LogP contribution in [0.2, 0.25) is 0 Å². The number of nitrogens with zero attached hydrogens (tertiary/aromatic N) is 2. The molecule has 0 bridgehead atoms. The molecule has 3 aromatic carbocycles. The summed E-state index contributed by atoms with van der Waals surface area (Å²) in [7, 11) is -5.93. The van der Waals surface area contributed by atoms with Crippen molar-refractivity contribution in [2.45, 2.75) is 29.6 Å². The van der Waals surface area contributed by atoms with Gasteiger partial charge >= 0.3 is 0 Å². The minimum atomic E-state index is -3.81. The number of hydrogen-bond donors (Lipinski definition) is 1. The van der Waals surface area contributed by atoms with Gasteiger partial charge in [-0.25, -0.2) is 25.9 Å².